The Morgan fingerprint density at radius 2 is 0.527 bits per heavy atom. The van der Waals surface area contributed by atoms with E-state index in [2.05, 4.69) is 106 Å². The fraction of sp³-hybridized carbons (Fsp3) is 0.750. The van der Waals surface area contributed by atoms with E-state index in [9.17, 15) is 14.4 Å². The highest BCUT2D eigenvalue weighted by Crippen LogP contribution is 2.16. The Labute approximate surface area is 458 Å². The predicted octanol–water partition coefficient (Wildman–Crippen LogP) is 21.5. The zero-order valence-corrected chi connectivity index (χ0v) is 48.8. The first-order valence-electron chi connectivity index (χ1n) is 31.6. The minimum atomic E-state index is -0.783. The van der Waals surface area contributed by atoms with Crippen LogP contribution in [-0.2, 0) is 28.6 Å². The van der Waals surface area contributed by atoms with E-state index in [1.54, 1.807) is 0 Å². The van der Waals surface area contributed by atoms with Crippen LogP contribution in [0.4, 0.5) is 0 Å². The third-order valence-electron chi connectivity index (χ3n) is 13.6. The van der Waals surface area contributed by atoms with Gasteiger partial charge in [0, 0.05) is 19.3 Å². The first-order chi connectivity index (χ1) is 36.5. The molecule has 1 unspecified atom stereocenters. The number of unbranched alkanes of at least 4 members (excludes halogenated alkanes) is 32. The van der Waals surface area contributed by atoms with E-state index < -0.39 is 6.10 Å². The fourth-order valence-corrected chi connectivity index (χ4v) is 8.91. The van der Waals surface area contributed by atoms with Gasteiger partial charge in [-0.2, -0.15) is 0 Å². The van der Waals surface area contributed by atoms with Crippen molar-refractivity contribution in [2.24, 2.45) is 0 Å². The standard InChI is InChI=1S/C68H118O6/c1-4-7-10-13-16-19-22-25-27-29-31-32-33-34-35-36-38-39-41-43-46-49-52-55-58-61-67(70)73-64-65(63-72-66(69)60-57-54-51-48-45-24-21-18-15-12-9-6-3)74-68(71)62-59-56-53-50-47-44-42-40-37-30-28-26-23-20-17-14-11-8-5-2/h7,10,16,19,25-28,31-32,34-35,38-39,65H,4-6,8-9,11-15,17-18,20-24,29-30,33,36-37,40-64H2,1-3H3/b10-7-,19-16-,27-25-,28-26-,32-31-,35-34-,39-38-. The van der Waals surface area contributed by atoms with Crippen LogP contribution in [0.1, 0.15) is 310 Å². The third-order valence-corrected chi connectivity index (χ3v) is 13.6. The second-order valence-corrected chi connectivity index (χ2v) is 20.9. The smallest absolute Gasteiger partial charge is 0.306 e. The number of hydrogen-bond donors (Lipinski definition) is 0. The van der Waals surface area contributed by atoms with Crippen LogP contribution in [0.25, 0.3) is 0 Å². The van der Waals surface area contributed by atoms with E-state index in [4.69, 9.17) is 14.2 Å². The Morgan fingerprint density at radius 1 is 0.284 bits per heavy atom. The van der Waals surface area contributed by atoms with Crippen LogP contribution < -0.4 is 0 Å². The zero-order valence-electron chi connectivity index (χ0n) is 48.8. The maximum atomic E-state index is 12.9. The molecule has 0 saturated heterocycles. The van der Waals surface area contributed by atoms with E-state index in [1.807, 2.05) is 0 Å². The van der Waals surface area contributed by atoms with Crippen LogP contribution in [0.2, 0.25) is 0 Å². The molecular formula is C68H118O6. The van der Waals surface area contributed by atoms with Gasteiger partial charge in [-0.1, -0.05) is 279 Å². The van der Waals surface area contributed by atoms with Gasteiger partial charge >= 0.3 is 17.9 Å². The van der Waals surface area contributed by atoms with Gasteiger partial charge in [-0.05, 0) is 96.3 Å². The molecule has 0 spiro atoms. The molecule has 0 aliphatic rings. The summed E-state index contributed by atoms with van der Waals surface area (Å²) in [6, 6.07) is 0. The lowest BCUT2D eigenvalue weighted by atomic mass is 10.0. The number of hydrogen-bond acceptors (Lipinski definition) is 6. The fourth-order valence-electron chi connectivity index (χ4n) is 8.91. The lowest BCUT2D eigenvalue weighted by Crippen LogP contribution is -2.30. The van der Waals surface area contributed by atoms with E-state index in [-0.39, 0.29) is 31.1 Å². The molecule has 0 aliphatic heterocycles. The highest BCUT2D eigenvalue weighted by atomic mass is 16.6. The zero-order chi connectivity index (χ0) is 53.6. The van der Waals surface area contributed by atoms with Crippen molar-refractivity contribution in [1.82, 2.24) is 0 Å². The van der Waals surface area contributed by atoms with Gasteiger partial charge in [0.2, 0.25) is 0 Å². The van der Waals surface area contributed by atoms with Gasteiger partial charge in [0.25, 0.3) is 0 Å². The van der Waals surface area contributed by atoms with Gasteiger partial charge in [0.1, 0.15) is 13.2 Å². The quantitative estimate of drug-likeness (QED) is 0.0261. The van der Waals surface area contributed by atoms with Crippen molar-refractivity contribution in [2.45, 2.75) is 316 Å². The van der Waals surface area contributed by atoms with Crippen molar-refractivity contribution in [3.63, 3.8) is 0 Å². The highest BCUT2D eigenvalue weighted by molar-refractivity contribution is 5.71. The third kappa shape index (κ3) is 59.5. The second kappa shape index (κ2) is 62.1. The Morgan fingerprint density at radius 3 is 0.838 bits per heavy atom. The molecule has 0 rings (SSSR count). The van der Waals surface area contributed by atoms with E-state index in [0.29, 0.717) is 19.3 Å². The Hall–Kier alpha value is -3.41. The van der Waals surface area contributed by atoms with Crippen molar-refractivity contribution in [3.8, 4) is 0 Å². The van der Waals surface area contributed by atoms with E-state index >= 15 is 0 Å². The number of rotatable bonds is 57. The van der Waals surface area contributed by atoms with Gasteiger partial charge in [0.05, 0.1) is 0 Å². The van der Waals surface area contributed by atoms with Gasteiger partial charge in [-0.15, -0.1) is 0 Å². The lowest BCUT2D eigenvalue weighted by molar-refractivity contribution is -0.167. The largest absolute Gasteiger partial charge is 0.462 e. The maximum absolute atomic E-state index is 12.9. The summed E-state index contributed by atoms with van der Waals surface area (Å²) in [6.07, 6.45) is 81.5. The molecule has 0 aromatic carbocycles. The number of ether oxygens (including phenoxy) is 3. The van der Waals surface area contributed by atoms with E-state index in [0.717, 1.165) is 109 Å². The molecule has 74 heavy (non-hydrogen) atoms. The summed E-state index contributed by atoms with van der Waals surface area (Å²) in [5, 5.41) is 0. The van der Waals surface area contributed by atoms with E-state index in [1.165, 1.54) is 161 Å². The maximum Gasteiger partial charge on any atom is 0.306 e. The molecule has 0 bridgehead atoms. The van der Waals surface area contributed by atoms with Gasteiger partial charge in [-0.25, -0.2) is 0 Å². The average Bonchev–Trinajstić information content (AvgIpc) is 3.40. The molecule has 0 saturated carbocycles. The van der Waals surface area contributed by atoms with Crippen molar-refractivity contribution >= 4 is 17.9 Å². The van der Waals surface area contributed by atoms with Crippen LogP contribution in [0.3, 0.4) is 0 Å². The molecule has 1 atom stereocenters. The minimum absolute atomic E-state index is 0.0792. The lowest BCUT2D eigenvalue weighted by Gasteiger charge is -2.18. The van der Waals surface area contributed by atoms with Crippen molar-refractivity contribution in [1.29, 1.82) is 0 Å². The summed E-state index contributed by atoms with van der Waals surface area (Å²) in [5.41, 5.74) is 0. The molecule has 0 amide bonds. The van der Waals surface area contributed by atoms with Crippen LogP contribution in [0.15, 0.2) is 85.1 Å². The van der Waals surface area contributed by atoms with Crippen molar-refractivity contribution < 1.29 is 28.6 Å². The summed E-state index contributed by atoms with van der Waals surface area (Å²) >= 11 is 0. The summed E-state index contributed by atoms with van der Waals surface area (Å²) in [5.74, 6) is -0.885. The Balaban J connectivity index is 4.34. The summed E-state index contributed by atoms with van der Waals surface area (Å²) in [7, 11) is 0. The molecule has 0 aromatic rings. The number of carbonyl (C=O) groups excluding carboxylic acids is 3. The monoisotopic (exact) mass is 1030 g/mol. The van der Waals surface area contributed by atoms with Crippen LogP contribution >= 0.6 is 0 Å². The van der Waals surface area contributed by atoms with Crippen molar-refractivity contribution in [2.75, 3.05) is 13.2 Å². The SMILES string of the molecule is CC/C=C\C/C=C\C/C=C\C/C=C\C/C=C\C/C=C\CCCCCCCCC(=O)OCC(COC(=O)CCCCCCCCCCCCCC)OC(=O)CCCCCCCCCCC/C=C\CCCCCCCC. The highest BCUT2D eigenvalue weighted by Gasteiger charge is 2.19. The molecule has 426 valence electrons. The minimum Gasteiger partial charge on any atom is -0.462 e. The Kier molecular flexibility index (Phi) is 59.3. The molecule has 6 heteroatoms. The molecule has 0 heterocycles. The van der Waals surface area contributed by atoms with Gasteiger partial charge < -0.3 is 14.2 Å². The van der Waals surface area contributed by atoms with Gasteiger partial charge in [0.15, 0.2) is 6.10 Å². The first kappa shape index (κ1) is 70.6. The molecule has 0 fully saturated rings. The van der Waals surface area contributed by atoms with Crippen LogP contribution in [-0.4, -0.2) is 37.2 Å². The second-order valence-electron chi connectivity index (χ2n) is 20.9. The molecule has 0 aromatic heterocycles. The van der Waals surface area contributed by atoms with Crippen LogP contribution in [0, 0.1) is 0 Å². The molecular weight excluding hydrogens is 913 g/mol. The van der Waals surface area contributed by atoms with Crippen LogP contribution in [0.5, 0.6) is 0 Å². The molecule has 0 aliphatic carbocycles. The summed E-state index contributed by atoms with van der Waals surface area (Å²) < 4.78 is 16.9. The number of esters is 3. The summed E-state index contributed by atoms with van der Waals surface area (Å²) in [6.45, 7) is 6.53. The summed E-state index contributed by atoms with van der Waals surface area (Å²) in [4.78, 5) is 38.3. The first-order valence-corrected chi connectivity index (χ1v) is 31.6. The van der Waals surface area contributed by atoms with Crippen molar-refractivity contribution in [3.05, 3.63) is 85.1 Å². The van der Waals surface area contributed by atoms with Gasteiger partial charge in [-0.3, -0.25) is 14.4 Å². The number of carbonyl (C=O) groups is 3. The number of allylic oxidation sites excluding steroid dienone is 14. The molecule has 6 nitrogen and oxygen atoms in total. The topological polar surface area (TPSA) is 78.9 Å². The Bertz CT molecular complexity index is 1420. The molecule has 0 N–H and O–H groups in total. The molecule has 0 radical (unpaired) electrons. The predicted molar refractivity (Wildman–Crippen MR) is 321 cm³/mol. The average molecular weight is 1030 g/mol. The normalized spacial score (nSPS) is 12.6.